The van der Waals surface area contributed by atoms with E-state index >= 15 is 0 Å². The summed E-state index contributed by atoms with van der Waals surface area (Å²) in [5.74, 6) is 0.815. The molecule has 0 aliphatic heterocycles. The summed E-state index contributed by atoms with van der Waals surface area (Å²) in [5.41, 5.74) is 7.27. The molecule has 1 aliphatic carbocycles. The summed E-state index contributed by atoms with van der Waals surface area (Å²) in [6.45, 7) is 3.94. The fourth-order valence-corrected chi connectivity index (χ4v) is 2.77. The summed E-state index contributed by atoms with van der Waals surface area (Å²) < 4.78 is 0. The Hall–Kier alpha value is -0.930. The van der Waals surface area contributed by atoms with E-state index in [4.69, 9.17) is 5.73 Å². The van der Waals surface area contributed by atoms with Crippen LogP contribution in [0.5, 0.6) is 0 Å². The summed E-state index contributed by atoms with van der Waals surface area (Å²) in [7, 11) is 2.16. The average Bonchev–Trinajstić information content (AvgIpc) is 2.25. The number of nitrogens with two attached hydrogens (primary N) is 1. The van der Waals surface area contributed by atoms with Crippen LogP contribution < -0.4 is 5.73 Å². The topological polar surface area (TPSA) is 42.1 Å². The number of rotatable bonds is 4. The first-order chi connectivity index (χ1) is 7.66. The minimum Gasteiger partial charge on any atom is -0.329 e. The molecule has 0 amide bonds. The summed E-state index contributed by atoms with van der Waals surface area (Å²) in [5, 5.41) is 0. The molecule has 1 saturated carbocycles. The van der Waals surface area contributed by atoms with E-state index in [-0.39, 0.29) is 5.54 Å². The monoisotopic (exact) mass is 219 g/mol. The van der Waals surface area contributed by atoms with Gasteiger partial charge in [-0.1, -0.05) is 13.0 Å². The zero-order chi connectivity index (χ0) is 11.6. The highest BCUT2D eigenvalue weighted by atomic mass is 15.2. The first kappa shape index (κ1) is 11.6. The SMILES string of the molecule is CC1CC(CN)(N(C)Cc2ccccn2)C1. The van der Waals surface area contributed by atoms with Crippen LogP contribution in [0, 0.1) is 5.92 Å². The predicted octanol–water partition coefficient (Wildman–Crippen LogP) is 1.64. The molecule has 16 heavy (non-hydrogen) atoms. The van der Waals surface area contributed by atoms with Gasteiger partial charge in [-0.05, 0) is 37.9 Å². The Morgan fingerprint density at radius 3 is 2.75 bits per heavy atom. The maximum atomic E-state index is 5.92. The van der Waals surface area contributed by atoms with Crippen LogP contribution in [0.15, 0.2) is 24.4 Å². The van der Waals surface area contributed by atoms with Crippen molar-refractivity contribution in [3.63, 3.8) is 0 Å². The number of likely N-dealkylation sites (N-methyl/N-ethyl adjacent to an activating group) is 1. The molecule has 3 nitrogen and oxygen atoms in total. The van der Waals surface area contributed by atoms with Crippen LogP contribution in [0.2, 0.25) is 0 Å². The average molecular weight is 219 g/mol. The third kappa shape index (κ3) is 2.11. The van der Waals surface area contributed by atoms with Gasteiger partial charge in [0, 0.05) is 24.8 Å². The molecule has 1 aromatic heterocycles. The molecule has 0 radical (unpaired) electrons. The van der Waals surface area contributed by atoms with E-state index in [1.807, 2.05) is 18.3 Å². The molecule has 2 rings (SSSR count). The second-order valence-corrected chi connectivity index (χ2v) is 5.12. The number of pyridine rings is 1. The normalized spacial score (nSPS) is 29.1. The molecule has 2 N–H and O–H groups in total. The minimum absolute atomic E-state index is 0.219. The van der Waals surface area contributed by atoms with E-state index in [2.05, 4.69) is 29.9 Å². The fraction of sp³-hybridized carbons (Fsp3) is 0.615. The maximum Gasteiger partial charge on any atom is 0.0544 e. The lowest BCUT2D eigenvalue weighted by Gasteiger charge is -2.52. The Bertz CT molecular complexity index is 330. The molecule has 0 saturated heterocycles. The van der Waals surface area contributed by atoms with Gasteiger partial charge in [-0.25, -0.2) is 0 Å². The van der Waals surface area contributed by atoms with Crippen LogP contribution in [0.25, 0.3) is 0 Å². The molecule has 1 aromatic rings. The quantitative estimate of drug-likeness (QED) is 0.837. The molecule has 0 unspecified atom stereocenters. The Morgan fingerprint density at radius 2 is 2.25 bits per heavy atom. The smallest absolute Gasteiger partial charge is 0.0544 e. The summed E-state index contributed by atoms with van der Waals surface area (Å²) in [6, 6.07) is 6.06. The van der Waals surface area contributed by atoms with Crippen LogP contribution in [0.3, 0.4) is 0 Å². The first-order valence-electron chi connectivity index (χ1n) is 5.97. The van der Waals surface area contributed by atoms with Crippen molar-refractivity contribution in [3.05, 3.63) is 30.1 Å². The van der Waals surface area contributed by atoms with Crippen molar-refractivity contribution in [2.45, 2.75) is 31.8 Å². The molecular weight excluding hydrogens is 198 g/mol. The predicted molar refractivity (Wildman–Crippen MR) is 65.9 cm³/mol. The second-order valence-electron chi connectivity index (χ2n) is 5.12. The molecule has 3 heteroatoms. The van der Waals surface area contributed by atoms with E-state index in [1.54, 1.807) is 0 Å². The number of hydrogen-bond donors (Lipinski definition) is 1. The van der Waals surface area contributed by atoms with Crippen molar-refractivity contribution < 1.29 is 0 Å². The molecule has 0 aromatic carbocycles. The number of aromatic nitrogens is 1. The molecule has 1 heterocycles. The van der Waals surface area contributed by atoms with E-state index in [0.29, 0.717) is 0 Å². The lowest BCUT2D eigenvalue weighted by atomic mass is 9.68. The zero-order valence-corrected chi connectivity index (χ0v) is 10.2. The van der Waals surface area contributed by atoms with Crippen LogP contribution >= 0.6 is 0 Å². The lowest BCUT2D eigenvalue weighted by Crippen LogP contribution is -2.59. The lowest BCUT2D eigenvalue weighted by molar-refractivity contribution is -0.000443. The van der Waals surface area contributed by atoms with Crippen LogP contribution in [-0.2, 0) is 6.54 Å². The van der Waals surface area contributed by atoms with Gasteiger partial charge in [0.05, 0.1) is 5.69 Å². The van der Waals surface area contributed by atoms with Crippen LogP contribution in [-0.4, -0.2) is 29.0 Å². The van der Waals surface area contributed by atoms with Crippen LogP contribution in [0.4, 0.5) is 0 Å². The number of nitrogens with zero attached hydrogens (tertiary/aromatic N) is 2. The van der Waals surface area contributed by atoms with E-state index < -0.39 is 0 Å². The minimum atomic E-state index is 0.219. The van der Waals surface area contributed by atoms with Crippen molar-refractivity contribution in [2.75, 3.05) is 13.6 Å². The summed E-state index contributed by atoms with van der Waals surface area (Å²) >= 11 is 0. The van der Waals surface area contributed by atoms with Gasteiger partial charge in [-0.3, -0.25) is 9.88 Å². The summed E-state index contributed by atoms with van der Waals surface area (Å²) in [4.78, 5) is 6.73. The van der Waals surface area contributed by atoms with E-state index in [1.165, 1.54) is 12.8 Å². The van der Waals surface area contributed by atoms with Crippen molar-refractivity contribution in [2.24, 2.45) is 11.7 Å². The Balaban J connectivity index is 2.00. The van der Waals surface area contributed by atoms with Crippen LogP contribution in [0.1, 0.15) is 25.5 Å². The van der Waals surface area contributed by atoms with Crippen molar-refractivity contribution in [1.29, 1.82) is 0 Å². The molecule has 1 fully saturated rings. The Kier molecular flexibility index (Phi) is 3.26. The molecule has 0 spiro atoms. The van der Waals surface area contributed by atoms with E-state index in [0.717, 1.165) is 24.7 Å². The van der Waals surface area contributed by atoms with Gasteiger partial charge in [0.25, 0.3) is 0 Å². The van der Waals surface area contributed by atoms with Crippen molar-refractivity contribution in [1.82, 2.24) is 9.88 Å². The highest BCUT2D eigenvalue weighted by molar-refractivity contribution is 5.07. The number of hydrogen-bond acceptors (Lipinski definition) is 3. The Labute approximate surface area is 97.7 Å². The van der Waals surface area contributed by atoms with Crippen molar-refractivity contribution >= 4 is 0 Å². The van der Waals surface area contributed by atoms with Crippen molar-refractivity contribution in [3.8, 4) is 0 Å². The Morgan fingerprint density at radius 1 is 1.50 bits per heavy atom. The van der Waals surface area contributed by atoms with Gasteiger partial charge in [-0.2, -0.15) is 0 Å². The molecule has 0 bridgehead atoms. The first-order valence-corrected chi connectivity index (χ1v) is 5.97. The third-order valence-electron chi connectivity index (χ3n) is 3.77. The summed E-state index contributed by atoms with van der Waals surface area (Å²) in [6.07, 6.45) is 4.28. The van der Waals surface area contributed by atoms with Gasteiger partial charge >= 0.3 is 0 Å². The second kappa shape index (κ2) is 4.52. The zero-order valence-electron chi connectivity index (χ0n) is 10.2. The van der Waals surface area contributed by atoms with Gasteiger partial charge in [0.15, 0.2) is 0 Å². The molecule has 1 aliphatic rings. The van der Waals surface area contributed by atoms with E-state index in [9.17, 15) is 0 Å². The molecule has 0 atom stereocenters. The highest BCUT2D eigenvalue weighted by Gasteiger charge is 2.43. The standard InChI is InChI=1S/C13H21N3/c1-11-7-13(8-11,10-14)16(2)9-12-5-3-4-6-15-12/h3-6,11H,7-10,14H2,1-2H3. The maximum absolute atomic E-state index is 5.92. The molecule has 88 valence electrons. The van der Waals surface area contributed by atoms with Gasteiger partial charge < -0.3 is 5.73 Å². The van der Waals surface area contributed by atoms with Gasteiger partial charge in [-0.15, -0.1) is 0 Å². The molecular formula is C13H21N3. The van der Waals surface area contributed by atoms with Gasteiger partial charge in [0.1, 0.15) is 0 Å². The highest BCUT2D eigenvalue weighted by Crippen LogP contribution is 2.41. The largest absolute Gasteiger partial charge is 0.329 e. The third-order valence-corrected chi connectivity index (χ3v) is 3.77. The fourth-order valence-electron chi connectivity index (χ4n) is 2.77. The van der Waals surface area contributed by atoms with Gasteiger partial charge in [0.2, 0.25) is 0 Å².